The molecule has 3 N–H and O–H groups in total. The van der Waals surface area contributed by atoms with Crippen LogP contribution in [-0.2, 0) is 6.42 Å². The van der Waals surface area contributed by atoms with E-state index < -0.39 is 0 Å². The maximum absolute atomic E-state index is 5.96. The Kier molecular flexibility index (Phi) is 5.80. The number of hydrogen-bond acceptors (Lipinski definition) is 3. The number of aryl methyl sites for hydroxylation is 1. The van der Waals surface area contributed by atoms with Crippen molar-refractivity contribution >= 4 is 0 Å². The summed E-state index contributed by atoms with van der Waals surface area (Å²) in [6.45, 7) is 2.38. The molecule has 118 valence electrons. The highest BCUT2D eigenvalue weighted by Crippen LogP contribution is 2.39. The first-order valence-corrected chi connectivity index (χ1v) is 8.26. The van der Waals surface area contributed by atoms with Crippen LogP contribution in [0.2, 0.25) is 0 Å². The van der Waals surface area contributed by atoms with Crippen LogP contribution >= 0.6 is 0 Å². The van der Waals surface area contributed by atoms with Crippen LogP contribution in [0.1, 0.15) is 44.6 Å². The predicted molar refractivity (Wildman–Crippen MR) is 89.9 cm³/mol. The van der Waals surface area contributed by atoms with E-state index in [4.69, 9.17) is 5.84 Å². The molecule has 1 fully saturated rings. The molecule has 1 aliphatic carbocycles. The summed E-state index contributed by atoms with van der Waals surface area (Å²) < 4.78 is 0. The molecule has 0 spiro atoms. The number of benzene rings is 1. The van der Waals surface area contributed by atoms with Crippen molar-refractivity contribution in [3.8, 4) is 0 Å². The summed E-state index contributed by atoms with van der Waals surface area (Å²) in [4.78, 5) is 2.41. The summed E-state index contributed by atoms with van der Waals surface area (Å²) in [7, 11) is 4.43. The molecule has 0 amide bonds. The van der Waals surface area contributed by atoms with Gasteiger partial charge in [-0.25, -0.2) is 0 Å². The van der Waals surface area contributed by atoms with Gasteiger partial charge in [0.25, 0.3) is 0 Å². The van der Waals surface area contributed by atoms with Gasteiger partial charge in [-0.05, 0) is 51.3 Å². The molecule has 1 aliphatic rings. The second-order valence-electron chi connectivity index (χ2n) is 6.94. The van der Waals surface area contributed by atoms with Gasteiger partial charge < -0.3 is 4.90 Å². The zero-order chi connectivity index (χ0) is 15.3. The molecule has 3 unspecified atom stereocenters. The summed E-state index contributed by atoms with van der Waals surface area (Å²) >= 11 is 0. The van der Waals surface area contributed by atoms with Crippen LogP contribution in [0.25, 0.3) is 0 Å². The quantitative estimate of drug-likeness (QED) is 0.625. The van der Waals surface area contributed by atoms with E-state index in [2.05, 4.69) is 61.7 Å². The third-order valence-electron chi connectivity index (χ3n) is 5.31. The van der Waals surface area contributed by atoms with Gasteiger partial charge in [-0.3, -0.25) is 11.3 Å². The number of nitrogens with zero attached hydrogens (tertiary/aromatic N) is 1. The van der Waals surface area contributed by atoms with E-state index in [0.717, 1.165) is 18.8 Å². The van der Waals surface area contributed by atoms with Crippen molar-refractivity contribution in [2.75, 3.05) is 14.1 Å². The molecule has 0 bridgehead atoms. The summed E-state index contributed by atoms with van der Waals surface area (Å²) in [6, 6.07) is 11.1. The molecule has 0 aliphatic heterocycles. The van der Waals surface area contributed by atoms with Crippen molar-refractivity contribution in [3.63, 3.8) is 0 Å². The third-order valence-corrected chi connectivity index (χ3v) is 5.31. The first-order valence-electron chi connectivity index (χ1n) is 8.26. The average molecular weight is 289 g/mol. The number of nitrogens with one attached hydrogen (secondary N) is 1. The number of rotatable bonds is 6. The van der Waals surface area contributed by atoms with Crippen molar-refractivity contribution in [1.29, 1.82) is 0 Å². The second-order valence-corrected chi connectivity index (χ2v) is 6.94. The summed E-state index contributed by atoms with van der Waals surface area (Å²) in [5.41, 5.74) is 4.74. The van der Waals surface area contributed by atoms with Gasteiger partial charge in [-0.15, -0.1) is 0 Å². The Morgan fingerprint density at radius 3 is 2.62 bits per heavy atom. The SMILES string of the molecule is CC1CCCC(C(CCc2ccccc2)NN)(N(C)C)C1. The topological polar surface area (TPSA) is 41.3 Å². The highest BCUT2D eigenvalue weighted by Gasteiger charge is 2.42. The van der Waals surface area contributed by atoms with Gasteiger partial charge >= 0.3 is 0 Å². The van der Waals surface area contributed by atoms with Crippen molar-refractivity contribution < 1.29 is 0 Å². The van der Waals surface area contributed by atoms with Crippen molar-refractivity contribution in [3.05, 3.63) is 35.9 Å². The number of nitrogens with two attached hydrogens (primary N) is 1. The van der Waals surface area contributed by atoms with Gasteiger partial charge in [-0.2, -0.15) is 0 Å². The van der Waals surface area contributed by atoms with Crippen molar-refractivity contribution in [1.82, 2.24) is 10.3 Å². The highest BCUT2D eigenvalue weighted by atomic mass is 15.3. The largest absolute Gasteiger partial charge is 0.302 e. The summed E-state index contributed by atoms with van der Waals surface area (Å²) in [5, 5.41) is 0. The first kappa shape index (κ1) is 16.5. The number of likely N-dealkylation sites (N-methyl/N-ethyl adjacent to an activating group) is 1. The smallest absolute Gasteiger partial charge is 0.0397 e. The fourth-order valence-corrected chi connectivity index (χ4v) is 4.06. The first-order chi connectivity index (χ1) is 10.1. The van der Waals surface area contributed by atoms with Crippen LogP contribution in [0.4, 0.5) is 0 Å². The van der Waals surface area contributed by atoms with E-state index in [1.54, 1.807) is 0 Å². The third kappa shape index (κ3) is 3.85. The monoisotopic (exact) mass is 289 g/mol. The lowest BCUT2D eigenvalue weighted by Crippen LogP contribution is -2.62. The molecular formula is C18H31N3. The maximum Gasteiger partial charge on any atom is 0.0397 e. The van der Waals surface area contributed by atoms with Gasteiger partial charge in [0.2, 0.25) is 0 Å². The Bertz CT molecular complexity index is 418. The molecule has 0 saturated heterocycles. The molecule has 1 saturated carbocycles. The van der Waals surface area contributed by atoms with Crippen LogP contribution in [0.5, 0.6) is 0 Å². The van der Waals surface area contributed by atoms with E-state index in [9.17, 15) is 0 Å². The van der Waals surface area contributed by atoms with Crippen molar-refractivity contribution in [2.24, 2.45) is 11.8 Å². The van der Waals surface area contributed by atoms with E-state index >= 15 is 0 Å². The predicted octanol–water partition coefficient (Wildman–Crippen LogP) is 2.96. The standard InChI is InChI=1S/C18H31N3/c1-15-8-7-13-18(14-15,21(2)3)17(20-19)12-11-16-9-5-4-6-10-16/h4-6,9-10,15,17,20H,7-8,11-14,19H2,1-3H3. The fourth-order valence-electron chi connectivity index (χ4n) is 4.06. The lowest BCUT2D eigenvalue weighted by molar-refractivity contribution is 0.0344. The molecule has 2 rings (SSSR count). The Balaban J connectivity index is 2.09. The lowest BCUT2D eigenvalue weighted by Gasteiger charge is -2.50. The second kappa shape index (κ2) is 7.39. The van der Waals surface area contributed by atoms with Crippen LogP contribution in [0.3, 0.4) is 0 Å². The summed E-state index contributed by atoms with van der Waals surface area (Å²) in [6.07, 6.45) is 7.32. The van der Waals surface area contributed by atoms with Gasteiger partial charge in [0.15, 0.2) is 0 Å². The minimum Gasteiger partial charge on any atom is -0.302 e. The zero-order valence-electron chi connectivity index (χ0n) is 13.8. The Morgan fingerprint density at radius 1 is 1.33 bits per heavy atom. The lowest BCUT2D eigenvalue weighted by atomic mass is 9.70. The molecule has 1 aromatic carbocycles. The van der Waals surface area contributed by atoms with Crippen LogP contribution in [0, 0.1) is 5.92 Å². The maximum atomic E-state index is 5.96. The molecule has 0 aromatic heterocycles. The van der Waals surface area contributed by atoms with E-state index in [1.165, 1.54) is 31.2 Å². The van der Waals surface area contributed by atoms with Gasteiger partial charge in [0, 0.05) is 11.6 Å². The van der Waals surface area contributed by atoms with Crippen molar-refractivity contribution in [2.45, 2.75) is 57.0 Å². The van der Waals surface area contributed by atoms with E-state index in [1.807, 2.05) is 0 Å². The minimum atomic E-state index is 0.196. The Labute approximate surface area is 129 Å². The Morgan fingerprint density at radius 2 is 2.05 bits per heavy atom. The zero-order valence-corrected chi connectivity index (χ0v) is 13.8. The average Bonchev–Trinajstić information content (AvgIpc) is 2.48. The minimum absolute atomic E-state index is 0.196. The number of hydrogen-bond donors (Lipinski definition) is 2. The molecule has 1 aromatic rings. The van der Waals surface area contributed by atoms with E-state index in [0.29, 0.717) is 6.04 Å². The molecular weight excluding hydrogens is 258 g/mol. The normalized spacial score (nSPS) is 27.8. The van der Waals surface area contributed by atoms with E-state index in [-0.39, 0.29) is 5.54 Å². The molecule has 21 heavy (non-hydrogen) atoms. The molecule has 0 heterocycles. The molecule has 3 heteroatoms. The fraction of sp³-hybridized carbons (Fsp3) is 0.667. The molecule has 3 nitrogen and oxygen atoms in total. The van der Waals surface area contributed by atoms with Crippen LogP contribution in [0.15, 0.2) is 30.3 Å². The highest BCUT2D eigenvalue weighted by molar-refractivity contribution is 5.15. The van der Waals surface area contributed by atoms with Crippen LogP contribution in [-0.4, -0.2) is 30.6 Å². The van der Waals surface area contributed by atoms with Gasteiger partial charge in [0.1, 0.15) is 0 Å². The molecule has 3 atom stereocenters. The van der Waals surface area contributed by atoms with Gasteiger partial charge in [-0.1, -0.05) is 50.1 Å². The van der Waals surface area contributed by atoms with Gasteiger partial charge in [0.05, 0.1) is 0 Å². The molecule has 0 radical (unpaired) electrons. The van der Waals surface area contributed by atoms with Crippen LogP contribution < -0.4 is 11.3 Å². The summed E-state index contributed by atoms with van der Waals surface area (Å²) in [5.74, 6) is 6.75. The Hall–Kier alpha value is -0.900. The number of hydrazine groups is 1.